The van der Waals surface area contributed by atoms with Crippen molar-refractivity contribution < 1.29 is 48.9 Å². The largest absolute Gasteiger partial charge is 0.488 e. The van der Waals surface area contributed by atoms with Crippen molar-refractivity contribution in [2.75, 3.05) is 58.1 Å². The van der Waals surface area contributed by atoms with Crippen LogP contribution in [0.5, 0.6) is 5.75 Å². The molecule has 39 heavy (non-hydrogen) atoms. The lowest BCUT2D eigenvalue weighted by Gasteiger charge is -2.39. The Hall–Kier alpha value is -2.95. The van der Waals surface area contributed by atoms with E-state index in [1.54, 1.807) is 31.2 Å². The van der Waals surface area contributed by atoms with Gasteiger partial charge in [-0.2, -0.15) is 0 Å². The SMILES string of the molecule is CCOc1c(Nc2ccc(C(=O)NCCOCCOCCOC3O[C@H](CO)[C@@H](O)[C@H](O)[C@H]3O)cc2)c(=O)c1=O. The van der Waals surface area contributed by atoms with Gasteiger partial charge in [0.1, 0.15) is 30.1 Å². The molecule has 0 aliphatic carbocycles. The number of carbonyl (C=O) groups excluding carboxylic acids is 1. The Kier molecular flexibility index (Phi) is 11.8. The van der Waals surface area contributed by atoms with E-state index in [0.717, 1.165) is 0 Å². The van der Waals surface area contributed by atoms with Gasteiger partial charge in [-0.05, 0) is 31.2 Å². The maximum atomic E-state index is 12.3. The fraction of sp³-hybridized carbons (Fsp3) is 0.560. The third-order valence-electron chi connectivity index (χ3n) is 5.83. The summed E-state index contributed by atoms with van der Waals surface area (Å²) in [6, 6.07) is 6.36. The molecule has 6 N–H and O–H groups in total. The lowest BCUT2D eigenvalue weighted by atomic mass is 9.99. The van der Waals surface area contributed by atoms with Gasteiger partial charge in [0, 0.05) is 17.8 Å². The van der Waals surface area contributed by atoms with Crippen LogP contribution >= 0.6 is 0 Å². The van der Waals surface area contributed by atoms with Crippen LogP contribution in [-0.4, -0.2) is 110 Å². The fourth-order valence-corrected chi connectivity index (χ4v) is 3.70. The van der Waals surface area contributed by atoms with Gasteiger partial charge >= 0.3 is 0 Å². The summed E-state index contributed by atoms with van der Waals surface area (Å²) in [5.74, 6) is -0.299. The first kappa shape index (κ1) is 30.6. The molecule has 1 amide bonds. The van der Waals surface area contributed by atoms with E-state index < -0.39 is 48.2 Å². The zero-order valence-electron chi connectivity index (χ0n) is 21.4. The number of aliphatic hydroxyl groups is 4. The van der Waals surface area contributed by atoms with Crippen LogP contribution in [0.4, 0.5) is 11.4 Å². The Morgan fingerprint density at radius 1 is 0.923 bits per heavy atom. The van der Waals surface area contributed by atoms with Gasteiger partial charge in [0.05, 0.1) is 46.2 Å². The van der Waals surface area contributed by atoms with Gasteiger partial charge < -0.3 is 54.7 Å². The first-order valence-corrected chi connectivity index (χ1v) is 12.5. The summed E-state index contributed by atoms with van der Waals surface area (Å²) in [6.45, 7) is 2.64. The molecule has 1 saturated heterocycles. The highest BCUT2D eigenvalue weighted by atomic mass is 16.7. The molecule has 14 nitrogen and oxygen atoms in total. The summed E-state index contributed by atoms with van der Waals surface area (Å²) in [5, 5.41) is 44.1. The predicted octanol–water partition coefficient (Wildman–Crippen LogP) is -2.00. The average Bonchev–Trinajstić information content (AvgIpc) is 2.95. The van der Waals surface area contributed by atoms with Crippen molar-refractivity contribution >= 4 is 17.3 Å². The topological polar surface area (TPSA) is 202 Å². The first-order valence-electron chi connectivity index (χ1n) is 12.5. The van der Waals surface area contributed by atoms with Crippen LogP contribution in [0, 0.1) is 0 Å². The van der Waals surface area contributed by atoms with Crippen molar-refractivity contribution in [2.45, 2.75) is 37.6 Å². The second-order valence-corrected chi connectivity index (χ2v) is 8.55. The fourth-order valence-electron chi connectivity index (χ4n) is 3.70. The maximum Gasteiger partial charge on any atom is 0.272 e. The van der Waals surface area contributed by atoms with E-state index in [2.05, 4.69) is 10.6 Å². The maximum absolute atomic E-state index is 12.3. The van der Waals surface area contributed by atoms with E-state index >= 15 is 0 Å². The molecule has 14 heteroatoms. The Morgan fingerprint density at radius 2 is 1.59 bits per heavy atom. The Morgan fingerprint density at radius 3 is 2.26 bits per heavy atom. The number of hydrogen-bond donors (Lipinski definition) is 6. The molecule has 0 radical (unpaired) electrons. The van der Waals surface area contributed by atoms with E-state index in [-0.39, 0.29) is 63.5 Å². The molecule has 1 aliphatic heterocycles. The number of ether oxygens (including phenoxy) is 5. The summed E-state index contributed by atoms with van der Waals surface area (Å²) in [5.41, 5.74) is -0.279. The minimum atomic E-state index is -1.50. The number of amides is 1. The second kappa shape index (κ2) is 15.0. The van der Waals surface area contributed by atoms with Crippen molar-refractivity contribution in [1.29, 1.82) is 0 Å². The number of nitrogens with one attached hydrogen (secondary N) is 2. The minimum Gasteiger partial charge on any atom is -0.488 e. The van der Waals surface area contributed by atoms with Crippen molar-refractivity contribution in [2.24, 2.45) is 0 Å². The average molecular weight is 555 g/mol. The number of rotatable bonds is 16. The minimum absolute atomic E-state index is 0.0103. The number of aliphatic hydroxyl groups excluding tert-OH is 4. The van der Waals surface area contributed by atoms with Crippen LogP contribution in [0.15, 0.2) is 33.9 Å². The third-order valence-corrected chi connectivity index (χ3v) is 5.83. The Balaban J connectivity index is 1.24. The second-order valence-electron chi connectivity index (χ2n) is 8.55. The standard InChI is InChI=1S/C25H34N2O12/c1-2-37-23-17(19(30)21(23)32)27-15-5-3-14(4-6-15)24(34)26-7-8-35-9-10-36-11-12-38-25-22(33)20(31)18(29)16(13-28)39-25/h3-6,16,18,20,22,25,27-29,31,33H,2,7-13H2,1H3,(H,26,34)/t16-,18-,20+,22-,25?/m1/s1. The normalized spacial score (nSPS) is 23.1. The van der Waals surface area contributed by atoms with Crippen LogP contribution in [0.2, 0.25) is 0 Å². The molecule has 0 aromatic heterocycles. The summed E-state index contributed by atoms with van der Waals surface area (Å²) >= 11 is 0. The number of carbonyl (C=O) groups is 1. The summed E-state index contributed by atoms with van der Waals surface area (Å²) in [7, 11) is 0. The molecule has 2 aromatic rings. The van der Waals surface area contributed by atoms with E-state index in [1.807, 2.05) is 0 Å². The number of anilines is 2. The molecular formula is C25H34N2O12. The lowest BCUT2D eigenvalue weighted by molar-refractivity contribution is -0.302. The van der Waals surface area contributed by atoms with Crippen LogP contribution in [0.3, 0.4) is 0 Å². The molecule has 1 heterocycles. The zero-order valence-corrected chi connectivity index (χ0v) is 21.4. The van der Waals surface area contributed by atoms with E-state index in [0.29, 0.717) is 11.3 Å². The Bertz CT molecular complexity index is 1120. The monoisotopic (exact) mass is 554 g/mol. The van der Waals surface area contributed by atoms with Crippen molar-refractivity contribution in [3.8, 4) is 5.75 Å². The van der Waals surface area contributed by atoms with Crippen LogP contribution < -0.4 is 26.2 Å². The Labute approximate surface area is 223 Å². The molecule has 3 rings (SSSR count). The molecule has 1 unspecified atom stereocenters. The highest BCUT2D eigenvalue weighted by Crippen LogP contribution is 2.23. The van der Waals surface area contributed by atoms with Gasteiger partial charge in [0.15, 0.2) is 12.0 Å². The van der Waals surface area contributed by atoms with Crippen molar-refractivity contribution in [3.63, 3.8) is 0 Å². The highest BCUT2D eigenvalue weighted by Gasteiger charge is 2.43. The smallest absolute Gasteiger partial charge is 0.272 e. The van der Waals surface area contributed by atoms with Gasteiger partial charge in [-0.25, -0.2) is 0 Å². The van der Waals surface area contributed by atoms with Gasteiger partial charge in [0.2, 0.25) is 0 Å². The van der Waals surface area contributed by atoms with Gasteiger partial charge in [-0.15, -0.1) is 0 Å². The number of hydrogen-bond acceptors (Lipinski definition) is 13. The molecule has 1 fully saturated rings. The van der Waals surface area contributed by atoms with Crippen LogP contribution in [0.1, 0.15) is 17.3 Å². The van der Waals surface area contributed by atoms with Crippen molar-refractivity contribution in [1.82, 2.24) is 5.32 Å². The molecule has 5 atom stereocenters. The molecule has 2 aromatic carbocycles. The highest BCUT2D eigenvalue weighted by molar-refractivity contribution is 5.94. The van der Waals surface area contributed by atoms with E-state index in [4.69, 9.17) is 28.8 Å². The van der Waals surface area contributed by atoms with Gasteiger partial charge in [-0.3, -0.25) is 14.4 Å². The molecule has 1 aliphatic rings. The summed E-state index contributed by atoms with van der Waals surface area (Å²) < 4.78 is 26.4. The first-order chi connectivity index (χ1) is 18.8. The lowest BCUT2D eigenvalue weighted by Crippen LogP contribution is -2.59. The zero-order chi connectivity index (χ0) is 28.4. The molecule has 0 saturated carbocycles. The van der Waals surface area contributed by atoms with E-state index in [1.165, 1.54) is 0 Å². The molecular weight excluding hydrogens is 520 g/mol. The molecule has 0 bridgehead atoms. The van der Waals surface area contributed by atoms with Crippen LogP contribution in [-0.2, 0) is 18.9 Å². The number of benzene rings is 1. The third kappa shape index (κ3) is 8.03. The van der Waals surface area contributed by atoms with Gasteiger partial charge in [-0.1, -0.05) is 0 Å². The van der Waals surface area contributed by atoms with Gasteiger partial charge in [0.25, 0.3) is 16.8 Å². The molecule has 0 spiro atoms. The molecule has 216 valence electrons. The summed E-state index contributed by atoms with van der Waals surface area (Å²) in [6.07, 6.45) is -6.66. The van der Waals surface area contributed by atoms with Crippen molar-refractivity contribution in [3.05, 3.63) is 50.3 Å². The van der Waals surface area contributed by atoms with Crippen LogP contribution in [0.25, 0.3) is 0 Å². The van der Waals surface area contributed by atoms with E-state index in [9.17, 15) is 29.7 Å². The quantitative estimate of drug-likeness (QED) is 0.0984. The predicted molar refractivity (Wildman–Crippen MR) is 136 cm³/mol. The summed E-state index contributed by atoms with van der Waals surface area (Å²) in [4.78, 5) is 35.6.